The zero-order valence-corrected chi connectivity index (χ0v) is 13.7. The Morgan fingerprint density at radius 2 is 1.88 bits per heavy atom. The Labute approximate surface area is 143 Å². The molecule has 0 radical (unpaired) electrons. The van der Waals surface area contributed by atoms with E-state index in [1.807, 2.05) is 0 Å². The SMILES string of the molecule is C/C(=C/c1nc(C2(N)CCC2)no1)c1ccc(C(F)(F)F)cc1.Cl. The maximum absolute atomic E-state index is 12.6. The number of benzene rings is 1. The summed E-state index contributed by atoms with van der Waals surface area (Å²) in [5.74, 6) is 0.782. The first-order valence-electron chi connectivity index (χ1n) is 7.27. The molecule has 2 N–H and O–H groups in total. The largest absolute Gasteiger partial charge is 0.416 e. The highest BCUT2D eigenvalue weighted by atomic mass is 35.5. The van der Waals surface area contributed by atoms with Crippen LogP contribution in [0.5, 0.6) is 0 Å². The lowest BCUT2D eigenvalue weighted by Gasteiger charge is -2.34. The van der Waals surface area contributed by atoms with Gasteiger partial charge < -0.3 is 10.3 Å². The molecular formula is C16H17ClF3N3O. The van der Waals surface area contributed by atoms with Crippen LogP contribution in [0, 0.1) is 0 Å². The average Bonchev–Trinajstić information content (AvgIpc) is 2.93. The second kappa shape index (κ2) is 6.57. The van der Waals surface area contributed by atoms with Crippen LogP contribution in [0.2, 0.25) is 0 Å². The molecule has 4 nitrogen and oxygen atoms in total. The molecule has 0 aliphatic heterocycles. The van der Waals surface area contributed by atoms with Gasteiger partial charge in [0.2, 0.25) is 0 Å². The standard InChI is InChI=1S/C16H16F3N3O.ClH/c1-10(11-3-5-12(6-4-11)16(17,18)19)9-13-21-14(22-23-13)15(20)7-2-8-15;/h3-6,9H,2,7-8,20H2,1H3;1H/b10-9-;. The van der Waals surface area contributed by atoms with Gasteiger partial charge in [-0.2, -0.15) is 18.2 Å². The molecule has 24 heavy (non-hydrogen) atoms. The van der Waals surface area contributed by atoms with Crippen LogP contribution in [-0.4, -0.2) is 10.1 Å². The highest BCUT2D eigenvalue weighted by Crippen LogP contribution is 2.37. The van der Waals surface area contributed by atoms with Gasteiger partial charge in [0.25, 0.3) is 5.89 Å². The third kappa shape index (κ3) is 3.62. The monoisotopic (exact) mass is 359 g/mol. The number of nitrogens with two attached hydrogens (primary N) is 1. The topological polar surface area (TPSA) is 64.9 Å². The zero-order valence-electron chi connectivity index (χ0n) is 12.9. The molecule has 1 saturated carbocycles. The van der Waals surface area contributed by atoms with E-state index in [2.05, 4.69) is 10.1 Å². The Morgan fingerprint density at radius 3 is 2.38 bits per heavy atom. The summed E-state index contributed by atoms with van der Waals surface area (Å²) >= 11 is 0. The van der Waals surface area contributed by atoms with Gasteiger partial charge in [0.05, 0.1) is 11.1 Å². The van der Waals surface area contributed by atoms with Gasteiger partial charge in [0.1, 0.15) is 0 Å². The molecule has 0 bridgehead atoms. The quantitative estimate of drug-likeness (QED) is 0.881. The molecule has 1 aromatic heterocycles. The van der Waals surface area contributed by atoms with E-state index in [0.29, 0.717) is 17.3 Å². The molecule has 1 heterocycles. The molecule has 1 aliphatic carbocycles. The van der Waals surface area contributed by atoms with E-state index in [9.17, 15) is 13.2 Å². The second-order valence-corrected chi connectivity index (χ2v) is 5.87. The summed E-state index contributed by atoms with van der Waals surface area (Å²) in [5, 5.41) is 3.90. The van der Waals surface area contributed by atoms with Crippen molar-refractivity contribution in [3.8, 4) is 0 Å². The van der Waals surface area contributed by atoms with E-state index in [1.54, 1.807) is 13.0 Å². The van der Waals surface area contributed by atoms with Crippen LogP contribution in [-0.2, 0) is 11.7 Å². The number of allylic oxidation sites excluding steroid dienone is 1. The van der Waals surface area contributed by atoms with Crippen molar-refractivity contribution < 1.29 is 17.7 Å². The van der Waals surface area contributed by atoms with Crippen LogP contribution in [0.15, 0.2) is 28.8 Å². The van der Waals surface area contributed by atoms with Gasteiger partial charge >= 0.3 is 6.18 Å². The van der Waals surface area contributed by atoms with E-state index in [-0.39, 0.29) is 12.4 Å². The van der Waals surface area contributed by atoms with E-state index in [0.717, 1.165) is 37.0 Å². The van der Waals surface area contributed by atoms with E-state index < -0.39 is 17.3 Å². The molecule has 0 amide bonds. The zero-order chi connectivity index (χ0) is 16.7. The smallest absolute Gasteiger partial charge is 0.335 e. The predicted molar refractivity (Wildman–Crippen MR) is 86.3 cm³/mol. The Kier molecular flexibility index (Phi) is 5.05. The Bertz CT molecular complexity index is 734. The first-order chi connectivity index (χ1) is 10.8. The number of halogens is 4. The van der Waals surface area contributed by atoms with E-state index in [1.165, 1.54) is 12.1 Å². The highest BCUT2D eigenvalue weighted by molar-refractivity contribution is 5.85. The van der Waals surface area contributed by atoms with Crippen molar-refractivity contribution in [3.05, 3.63) is 47.1 Å². The fraction of sp³-hybridized carbons (Fsp3) is 0.375. The van der Waals surface area contributed by atoms with Gasteiger partial charge in [-0.15, -0.1) is 12.4 Å². The molecule has 1 aliphatic rings. The summed E-state index contributed by atoms with van der Waals surface area (Å²) in [6.07, 6.45) is -0.00117. The lowest BCUT2D eigenvalue weighted by atomic mass is 9.77. The van der Waals surface area contributed by atoms with Gasteiger partial charge in [-0.1, -0.05) is 17.3 Å². The fourth-order valence-electron chi connectivity index (χ4n) is 2.47. The molecule has 3 rings (SSSR count). The van der Waals surface area contributed by atoms with Gasteiger partial charge in [-0.25, -0.2) is 0 Å². The summed E-state index contributed by atoms with van der Waals surface area (Å²) in [6, 6.07) is 4.94. The number of aromatic nitrogens is 2. The van der Waals surface area contributed by atoms with E-state index >= 15 is 0 Å². The average molecular weight is 360 g/mol. The summed E-state index contributed by atoms with van der Waals surface area (Å²) in [6.45, 7) is 1.77. The number of hydrogen-bond donors (Lipinski definition) is 1. The minimum Gasteiger partial charge on any atom is -0.335 e. The number of rotatable bonds is 3. The van der Waals surface area contributed by atoms with Crippen LogP contribution in [0.1, 0.15) is 49.0 Å². The van der Waals surface area contributed by atoms with Crippen LogP contribution in [0.4, 0.5) is 13.2 Å². The highest BCUT2D eigenvalue weighted by Gasteiger charge is 2.38. The molecule has 8 heteroatoms. The van der Waals surface area contributed by atoms with Gasteiger partial charge in [0, 0.05) is 6.08 Å². The lowest BCUT2D eigenvalue weighted by molar-refractivity contribution is -0.137. The minimum absolute atomic E-state index is 0. The molecule has 130 valence electrons. The van der Waals surface area contributed by atoms with Gasteiger partial charge in [-0.05, 0) is 49.5 Å². The van der Waals surface area contributed by atoms with Crippen molar-refractivity contribution in [2.24, 2.45) is 5.73 Å². The Balaban J connectivity index is 0.00000208. The lowest BCUT2D eigenvalue weighted by Crippen LogP contribution is -2.44. The Hall–Kier alpha value is -1.86. The first kappa shape index (κ1) is 18.5. The van der Waals surface area contributed by atoms with Crippen molar-refractivity contribution in [2.45, 2.75) is 37.9 Å². The van der Waals surface area contributed by atoms with E-state index in [4.69, 9.17) is 10.3 Å². The summed E-state index contributed by atoms with van der Waals surface area (Å²) in [4.78, 5) is 4.27. The van der Waals surface area contributed by atoms with Gasteiger partial charge in [0.15, 0.2) is 5.82 Å². The van der Waals surface area contributed by atoms with Crippen LogP contribution < -0.4 is 5.73 Å². The van der Waals surface area contributed by atoms with Crippen molar-refractivity contribution >= 4 is 24.1 Å². The molecule has 0 atom stereocenters. The van der Waals surface area contributed by atoms with Crippen LogP contribution >= 0.6 is 12.4 Å². The predicted octanol–water partition coefficient (Wildman–Crippen LogP) is 4.41. The third-order valence-electron chi connectivity index (χ3n) is 4.14. The first-order valence-corrected chi connectivity index (χ1v) is 7.27. The molecule has 1 fully saturated rings. The molecule has 0 unspecified atom stereocenters. The van der Waals surface area contributed by atoms with Crippen LogP contribution in [0.3, 0.4) is 0 Å². The minimum atomic E-state index is -4.34. The van der Waals surface area contributed by atoms with Crippen molar-refractivity contribution in [3.63, 3.8) is 0 Å². The van der Waals surface area contributed by atoms with Crippen molar-refractivity contribution in [2.75, 3.05) is 0 Å². The second-order valence-electron chi connectivity index (χ2n) is 5.87. The van der Waals surface area contributed by atoms with Gasteiger partial charge in [-0.3, -0.25) is 0 Å². The number of nitrogens with zero attached hydrogens (tertiary/aromatic N) is 2. The molecule has 0 saturated heterocycles. The maximum Gasteiger partial charge on any atom is 0.416 e. The van der Waals surface area contributed by atoms with Crippen LogP contribution in [0.25, 0.3) is 11.6 Å². The number of alkyl halides is 3. The maximum atomic E-state index is 12.6. The third-order valence-corrected chi connectivity index (χ3v) is 4.14. The summed E-state index contributed by atoms with van der Waals surface area (Å²) in [7, 11) is 0. The summed E-state index contributed by atoms with van der Waals surface area (Å²) in [5.41, 5.74) is 6.33. The normalized spacial score (nSPS) is 17.1. The Morgan fingerprint density at radius 1 is 1.25 bits per heavy atom. The number of hydrogen-bond acceptors (Lipinski definition) is 4. The van der Waals surface area contributed by atoms with Crippen molar-refractivity contribution in [1.29, 1.82) is 0 Å². The molecular weight excluding hydrogens is 343 g/mol. The molecule has 0 spiro atoms. The summed E-state index contributed by atoms with van der Waals surface area (Å²) < 4.78 is 42.8. The molecule has 1 aromatic carbocycles. The van der Waals surface area contributed by atoms with Crippen molar-refractivity contribution in [1.82, 2.24) is 10.1 Å². The molecule has 2 aromatic rings. The fourth-order valence-corrected chi connectivity index (χ4v) is 2.47.